The van der Waals surface area contributed by atoms with Crippen molar-refractivity contribution >= 4 is 25.4 Å². The van der Waals surface area contributed by atoms with Crippen LogP contribution in [0.2, 0.25) is 0 Å². The topological polar surface area (TPSA) is 49.4 Å². The minimum absolute atomic E-state index is 0.128. The van der Waals surface area contributed by atoms with Crippen molar-refractivity contribution in [2.24, 2.45) is 0 Å². The number of hydrazine groups is 1. The molecule has 94 valence electrons. The first-order valence-corrected chi connectivity index (χ1v) is 7.93. The summed E-state index contributed by atoms with van der Waals surface area (Å²) in [6.07, 6.45) is 3.67. The molecule has 1 aliphatic rings. The zero-order valence-electron chi connectivity index (χ0n) is 9.39. The van der Waals surface area contributed by atoms with Crippen LogP contribution in [0.25, 0.3) is 0 Å². The van der Waals surface area contributed by atoms with Gasteiger partial charge in [0.15, 0.2) is 0 Å². The molecule has 0 saturated carbocycles. The molecule has 0 aliphatic carbocycles. The van der Waals surface area contributed by atoms with E-state index >= 15 is 0 Å². The molecule has 0 aromatic heterocycles. The lowest BCUT2D eigenvalue weighted by Crippen LogP contribution is -2.34. The summed E-state index contributed by atoms with van der Waals surface area (Å²) in [7, 11) is 1.62. The Morgan fingerprint density at radius 1 is 1.06 bits per heavy atom. The molecular weight excluding hydrogens is 260 g/mol. The van der Waals surface area contributed by atoms with Gasteiger partial charge in [-0.25, -0.2) is 13.4 Å². The number of nitrogens with one attached hydrogen (secondary N) is 1. The van der Waals surface area contributed by atoms with Crippen LogP contribution in [-0.2, 0) is 9.05 Å². The third-order valence-electron chi connectivity index (χ3n) is 2.78. The molecule has 1 aromatic rings. The van der Waals surface area contributed by atoms with Crippen LogP contribution in [0.4, 0.5) is 5.69 Å². The van der Waals surface area contributed by atoms with Gasteiger partial charge in [0.25, 0.3) is 9.05 Å². The van der Waals surface area contributed by atoms with Crippen LogP contribution in [-0.4, -0.2) is 26.5 Å². The molecule has 0 amide bonds. The molecule has 6 heteroatoms. The molecule has 1 aromatic carbocycles. The minimum atomic E-state index is -3.62. The normalized spacial score (nSPS) is 17.9. The van der Waals surface area contributed by atoms with E-state index in [2.05, 4.69) is 10.4 Å². The fraction of sp³-hybridized carbons (Fsp3) is 0.455. The zero-order valence-corrected chi connectivity index (χ0v) is 11.0. The molecule has 1 fully saturated rings. The number of anilines is 1. The molecule has 2 rings (SSSR count). The highest BCUT2D eigenvalue weighted by Crippen LogP contribution is 2.19. The number of nitrogens with zero attached hydrogens (tertiary/aromatic N) is 1. The maximum atomic E-state index is 11.1. The third-order valence-corrected chi connectivity index (χ3v) is 4.15. The van der Waals surface area contributed by atoms with E-state index in [-0.39, 0.29) is 4.90 Å². The van der Waals surface area contributed by atoms with Crippen molar-refractivity contribution in [1.29, 1.82) is 0 Å². The fourth-order valence-electron chi connectivity index (χ4n) is 1.88. The summed E-state index contributed by atoms with van der Waals surface area (Å²) >= 11 is 0. The highest BCUT2D eigenvalue weighted by atomic mass is 35.7. The Kier molecular flexibility index (Phi) is 3.91. The van der Waals surface area contributed by atoms with Gasteiger partial charge in [0, 0.05) is 29.5 Å². The predicted octanol–water partition coefficient (Wildman–Crippen LogP) is 2.43. The van der Waals surface area contributed by atoms with Crippen LogP contribution in [0.1, 0.15) is 19.3 Å². The van der Waals surface area contributed by atoms with Crippen LogP contribution in [0.15, 0.2) is 29.2 Å². The molecular formula is C11H15ClN2O2S. The molecule has 17 heavy (non-hydrogen) atoms. The van der Waals surface area contributed by atoms with E-state index in [1.54, 1.807) is 12.1 Å². The van der Waals surface area contributed by atoms with Crippen LogP contribution in [0.3, 0.4) is 0 Å². The van der Waals surface area contributed by atoms with Crippen LogP contribution in [0, 0.1) is 0 Å². The van der Waals surface area contributed by atoms with E-state index in [1.807, 2.05) is 0 Å². The number of rotatable bonds is 3. The summed E-state index contributed by atoms with van der Waals surface area (Å²) < 4.78 is 22.1. The summed E-state index contributed by atoms with van der Waals surface area (Å²) in [5, 5.41) is 2.15. The van der Waals surface area contributed by atoms with Gasteiger partial charge in [-0.3, -0.25) is 0 Å². The monoisotopic (exact) mass is 274 g/mol. The maximum absolute atomic E-state index is 11.1. The van der Waals surface area contributed by atoms with Gasteiger partial charge in [-0.2, -0.15) is 0 Å². The molecule has 1 N–H and O–H groups in total. The summed E-state index contributed by atoms with van der Waals surface area (Å²) in [6.45, 7) is 2.05. The lowest BCUT2D eigenvalue weighted by molar-refractivity contribution is 0.273. The minimum Gasteiger partial charge on any atom is -0.319 e. The summed E-state index contributed by atoms with van der Waals surface area (Å²) in [6, 6.07) is 6.47. The first kappa shape index (κ1) is 12.7. The van der Waals surface area contributed by atoms with E-state index in [0.717, 1.165) is 18.8 Å². The Hall–Kier alpha value is -0.780. The molecule has 1 saturated heterocycles. The molecule has 1 aliphatic heterocycles. The molecule has 1 heterocycles. The van der Waals surface area contributed by atoms with E-state index < -0.39 is 9.05 Å². The summed E-state index contributed by atoms with van der Waals surface area (Å²) in [5.74, 6) is 0. The Morgan fingerprint density at radius 2 is 1.65 bits per heavy atom. The highest BCUT2D eigenvalue weighted by molar-refractivity contribution is 8.13. The number of hydrogen-bond acceptors (Lipinski definition) is 4. The van der Waals surface area contributed by atoms with Crippen LogP contribution >= 0.6 is 10.7 Å². The molecule has 0 radical (unpaired) electrons. The predicted molar refractivity (Wildman–Crippen MR) is 68.5 cm³/mol. The highest BCUT2D eigenvalue weighted by Gasteiger charge is 2.11. The van der Waals surface area contributed by atoms with Crippen molar-refractivity contribution in [1.82, 2.24) is 5.01 Å². The number of halogens is 1. The Morgan fingerprint density at radius 3 is 2.18 bits per heavy atom. The molecule has 0 atom stereocenters. The van der Waals surface area contributed by atoms with Crippen LogP contribution < -0.4 is 5.43 Å². The number of benzene rings is 1. The van der Waals surface area contributed by atoms with Crippen molar-refractivity contribution < 1.29 is 8.42 Å². The number of hydrogen-bond donors (Lipinski definition) is 1. The summed E-state index contributed by atoms with van der Waals surface area (Å²) in [5.41, 5.74) is 4.14. The molecule has 0 bridgehead atoms. The fourth-order valence-corrected chi connectivity index (χ4v) is 2.65. The lowest BCUT2D eigenvalue weighted by Gasteiger charge is -2.27. The van der Waals surface area contributed by atoms with E-state index in [9.17, 15) is 8.42 Å². The maximum Gasteiger partial charge on any atom is 0.261 e. The van der Waals surface area contributed by atoms with Gasteiger partial charge in [-0.05, 0) is 37.1 Å². The van der Waals surface area contributed by atoms with Gasteiger partial charge in [-0.1, -0.05) is 6.42 Å². The van der Waals surface area contributed by atoms with Gasteiger partial charge in [0.2, 0.25) is 0 Å². The molecule has 0 spiro atoms. The van der Waals surface area contributed by atoms with Crippen LogP contribution in [0.5, 0.6) is 0 Å². The van der Waals surface area contributed by atoms with Crippen molar-refractivity contribution in [3.05, 3.63) is 24.3 Å². The molecule has 0 unspecified atom stereocenters. The Labute approximate surface area is 106 Å². The Balaban J connectivity index is 2.03. The second kappa shape index (κ2) is 5.25. The van der Waals surface area contributed by atoms with E-state index in [0.29, 0.717) is 0 Å². The smallest absolute Gasteiger partial charge is 0.261 e. The standard InChI is InChI=1S/C11H15ClN2O2S/c12-17(15,16)11-6-4-10(5-7-11)13-14-8-2-1-3-9-14/h4-7,13H,1-3,8-9H2. The first-order chi connectivity index (χ1) is 8.05. The van der Waals surface area contributed by atoms with Gasteiger partial charge < -0.3 is 5.43 Å². The second-order valence-electron chi connectivity index (χ2n) is 4.12. The van der Waals surface area contributed by atoms with Crippen molar-refractivity contribution in [3.8, 4) is 0 Å². The van der Waals surface area contributed by atoms with Gasteiger partial charge >= 0.3 is 0 Å². The van der Waals surface area contributed by atoms with Crippen molar-refractivity contribution in [2.45, 2.75) is 24.2 Å². The Bertz CT molecular complexity index is 467. The van der Waals surface area contributed by atoms with Gasteiger partial charge in [0.05, 0.1) is 4.90 Å². The van der Waals surface area contributed by atoms with Crippen molar-refractivity contribution in [2.75, 3.05) is 18.5 Å². The SMILES string of the molecule is O=S(=O)(Cl)c1ccc(NN2CCCCC2)cc1. The van der Waals surface area contributed by atoms with Crippen molar-refractivity contribution in [3.63, 3.8) is 0 Å². The average Bonchev–Trinajstić information content (AvgIpc) is 2.30. The van der Waals surface area contributed by atoms with E-state index in [4.69, 9.17) is 10.7 Å². The molecule has 4 nitrogen and oxygen atoms in total. The van der Waals surface area contributed by atoms with Gasteiger partial charge in [-0.15, -0.1) is 0 Å². The second-order valence-corrected chi connectivity index (χ2v) is 6.69. The average molecular weight is 275 g/mol. The quantitative estimate of drug-likeness (QED) is 0.860. The largest absolute Gasteiger partial charge is 0.319 e. The zero-order chi connectivity index (χ0) is 12.3. The number of piperidine rings is 1. The lowest BCUT2D eigenvalue weighted by atomic mass is 10.2. The summed E-state index contributed by atoms with van der Waals surface area (Å²) in [4.78, 5) is 0.128. The third kappa shape index (κ3) is 3.59. The van der Waals surface area contributed by atoms with E-state index in [1.165, 1.54) is 31.4 Å². The van der Waals surface area contributed by atoms with Gasteiger partial charge in [0.1, 0.15) is 0 Å². The first-order valence-electron chi connectivity index (χ1n) is 5.62.